The molecule has 0 saturated carbocycles. The number of aromatic hydroxyl groups is 2. The number of hydrogen-bond donors (Lipinski definition) is 2. The van der Waals surface area contributed by atoms with Gasteiger partial charge in [-0.1, -0.05) is 23.8 Å². The second-order valence-corrected chi connectivity index (χ2v) is 4.68. The van der Waals surface area contributed by atoms with E-state index < -0.39 is 16.9 Å². The van der Waals surface area contributed by atoms with Crippen LogP contribution in [0.3, 0.4) is 0 Å². The molecule has 0 atom stereocenters. The summed E-state index contributed by atoms with van der Waals surface area (Å²) in [5.74, 6) is -1.66. The molecule has 0 aromatic heterocycles. The molecule has 0 saturated heterocycles. The van der Waals surface area contributed by atoms with Crippen molar-refractivity contribution in [2.75, 3.05) is 0 Å². The predicted molar refractivity (Wildman–Crippen MR) is 75.4 cm³/mol. The van der Waals surface area contributed by atoms with E-state index in [1.54, 1.807) is 25.1 Å². The summed E-state index contributed by atoms with van der Waals surface area (Å²) in [6.45, 7) is 3.46. The summed E-state index contributed by atoms with van der Waals surface area (Å²) in [7, 11) is 0. The molecule has 0 aliphatic carbocycles. The molecule has 0 spiro atoms. The summed E-state index contributed by atoms with van der Waals surface area (Å²) in [5, 5.41) is 19.1. The minimum atomic E-state index is -0.753. The highest BCUT2D eigenvalue weighted by atomic mass is 16.3. The molecular weight excluding hydrogens is 256 g/mol. The number of benzene rings is 1. The topological polar surface area (TPSA) is 74.6 Å². The number of carbonyl (C=O) groups is 1. The molecule has 0 bridgehead atoms. The zero-order valence-electron chi connectivity index (χ0n) is 11.2. The largest absolute Gasteiger partial charge is 0.504 e. The van der Waals surface area contributed by atoms with Crippen LogP contribution in [0.15, 0.2) is 41.2 Å². The SMILES string of the molecule is Cc1cccc(C(=O)c2cc(O)c(O)c(=O)cc2C)c1. The zero-order valence-corrected chi connectivity index (χ0v) is 11.2. The van der Waals surface area contributed by atoms with Gasteiger partial charge in [0.05, 0.1) is 0 Å². The number of carbonyl (C=O) groups excluding carboxylic acids is 1. The van der Waals surface area contributed by atoms with Gasteiger partial charge in [-0.2, -0.15) is 0 Å². The van der Waals surface area contributed by atoms with E-state index in [-0.39, 0.29) is 11.3 Å². The van der Waals surface area contributed by atoms with Gasteiger partial charge >= 0.3 is 0 Å². The lowest BCUT2D eigenvalue weighted by Gasteiger charge is -2.03. The molecule has 102 valence electrons. The van der Waals surface area contributed by atoms with Crippen LogP contribution in [0.2, 0.25) is 0 Å². The van der Waals surface area contributed by atoms with Crippen LogP contribution in [-0.2, 0) is 0 Å². The first-order chi connectivity index (χ1) is 9.40. The first kappa shape index (κ1) is 13.8. The van der Waals surface area contributed by atoms with Crippen LogP contribution in [0.5, 0.6) is 11.5 Å². The number of hydrogen-bond acceptors (Lipinski definition) is 4. The first-order valence-electron chi connectivity index (χ1n) is 6.08. The minimum absolute atomic E-state index is 0.186. The molecule has 0 aliphatic heterocycles. The summed E-state index contributed by atoms with van der Waals surface area (Å²) in [4.78, 5) is 23.9. The van der Waals surface area contributed by atoms with Crippen molar-refractivity contribution in [3.63, 3.8) is 0 Å². The van der Waals surface area contributed by atoms with Crippen molar-refractivity contribution in [2.24, 2.45) is 0 Å². The van der Waals surface area contributed by atoms with Gasteiger partial charge in [0.2, 0.25) is 11.2 Å². The van der Waals surface area contributed by atoms with Crippen LogP contribution in [0.25, 0.3) is 0 Å². The van der Waals surface area contributed by atoms with Crippen LogP contribution in [-0.4, -0.2) is 16.0 Å². The molecule has 0 unspecified atom stereocenters. The van der Waals surface area contributed by atoms with E-state index in [4.69, 9.17) is 0 Å². The van der Waals surface area contributed by atoms with Crippen LogP contribution < -0.4 is 5.43 Å². The average Bonchev–Trinajstić information content (AvgIpc) is 2.50. The van der Waals surface area contributed by atoms with Gasteiger partial charge in [0.1, 0.15) is 0 Å². The predicted octanol–water partition coefficient (Wildman–Crippen LogP) is 2.31. The Kier molecular flexibility index (Phi) is 3.57. The summed E-state index contributed by atoms with van der Waals surface area (Å²) in [5.41, 5.74) is 1.27. The fourth-order valence-electron chi connectivity index (χ4n) is 1.97. The second-order valence-electron chi connectivity index (χ2n) is 4.68. The summed E-state index contributed by atoms with van der Waals surface area (Å²) in [6.07, 6.45) is 0. The molecule has 4 nitrogen and oxygen atoms in total. The van der Waals surface area contributed by atoms with Crippen LogP contribution in [0.1, 0.15) is 27.0 Å². The van der Waals surface area contributed by atoms with E-state index in [1.807, 2.05) is 13.0 Å². The van der Waals surface area contributed by atoms with E-state index in [0.717, 1.165) is 17.7 Å². The average molecular weight is 270 g/mol. The van der Waals surface area contributed by atoms with Gasteiger partial charge in [-0.05, 0) is 37.6 Å². The van der Waals surface area contributed by atoms with Crippen molar-refractivity contribution < 1.29 is 15.0 Å². The van der Waals surface area contributed by atoms with Gasteiger partial charge in [0, 0.05) is 11.1 Å². The maximum atomic E-state index is 12.4. The first-order valence-corrected chi connectivity index (χ1v) is 6.08. The van der Waals surface area contributed by atoms with E-state index in [1.165, 1.54) is 0 Å². The Bertz CT molecular complexity index is 748. The monoisotopic (exact) mass is 270 g/mol. The minimum Gasteiger partial charge on any atom is -0.504 e. The maximum Gasteiger partial charge on any atom is 0.224 e. The number of rotatable bonds is 2. The van der Waals surface area contributed by atoms with Crippen molar-refractivity contribution in [1.29, 1.82) is 0 Å². The van der Waals surface area contributed by atoms with Crippen LogP contribution in [0, 0.1) is 13.8 Å². The van der Waals surface area contributed by atoms with Gasteiger partial charge in [0.25, 0.3) is 0 Å². The molecule has 2 N–H and O–H groups in total. The molecule has 4 heteroatoms. The van der Waals surface area contributed by atoms with Gasteiger partial charge in [0.15, 0.2) is 11.5 Å². The van der Waals surface area contributed by atoms with Crippen LogP contribution in [0.4, 0.5) is 0 Å². The quantitative estimate of drug-likeness (QED) is 0.821. The normalized spacial score (nSPS) is 10.3. The fourth-order valence-corrected chi connectivity index (χ4v) is 1.97. The van der Waals surface area contributed by atoms with E-state index in [2.05, 4.69) is 0 Å². The molecule has 2 rings (SSSR count). The molecule has 0 aliphatic rings. The molecule has 0 radical (unpaired) electrons. The second kappa shape index (κ2) is 5.17. The lowest BCUT2D eigenvalue weighted by molar-refractivity contribution is 0.103. The number of ketones is 1. The Hall–Kier alpha value is -2.62. The Balaban J connectivity index is 2.65. The summed E-state index contributed by atoms with van der Waals surface area (Å²) < 4.78 is 0. The fraction of sp³-hybridized carbons (Fsp3) is 0.125. The number of aryl methyl sites for hydroxylation is 2. The van der Waals surface area contributed by atoms with Crippen molar-refractivity contribution in [3.8, 4) is 11.5 Å². The Labute approximate surface area is 116 Å². The highest BCUT2D eigenvalue weighted by Gasteiger charge is 2.14. The van der Waals surface area contributed by atoms with Crippen molar-refractivity contribution in [1.82, 2.24) is 0 Å². The zero-order chi connectivity index (χ0) is 14.9. The lowest BCUT2D eigenvalue weighted by atomic mass is 10.00. The molecule has 20 heavy (non-hydrogen) atoms. The van der Waals surface area contributed by atoms with Gasteiger partial charge in [-0.25, -0.2) is 0 Å². The van der Waals surface area contributed by atoms with Gasteiger partial charge in [-0.15, -0.1) is 0 Å². The highest BCUT2D eigenvalue weighted by molar-refractivity contribution is 6.10. The third-order valence-corrected chi connectivity index (χ3v) is 3.05. The lowest BCUT2D eigenvalue weighted by Crippen LogP contribution is -2.03. The van der Waals surface area contributed by atoms with E-state index in [9.17, 15) is 19.8 Å². The molecular formula is C16H14O4. The summed E-state index contributed by atoms with van der Waals surface area (Å²) >= 11 is 0. The molecule has 2 aromatic rings. The smallest absolute Gasteiger partial charge is 0.224 e. The van der Waals surface area contributed by atoms with Gasteiger partial charge in [-0.3, -0.25) is 9.59 Å². The Morgan fingerprint density at radius 3 is 2.40 bits per heavy atom. The molecule has 2 aromatic carbocycles. The van der Waals surface area contributed by atoms with Crippen molar-refractivity contribution in [3.05, 3.63) is 68.9 Å². The molecule has 0 fully saturated rings. The standard InChI is InChI=1S/C16H14O4/c1-9-4-3-5-11(6-9)15(19)12-8-14(18)16(20)13(17)7-10(12)2/h3-8H,1-2H3,(H2,17,18,20). The van der Waals surface area contributed by atoms with E-state index in [0.29, 0.717) is 11.1 Å². The molecule has 0 heterocycles. The Morgan fingerprint density at radius 1 is 1.05 bits per heavy atom. The van der Waals surface area contributed by atoms with Crippen LogP contribution >= 0.6 is 0 Å². The Morgan fingerprint density at radius 2 is 1.75 bits per heavy atom. The molecule has 0 amide bonds. The van der Waals surface area contributed by atoms with Crippen molar-refractivity contribution in [2.45, 2.75) is 13.8 Å². The highest BCUT2D eigenvalue weighted by Crippen LogP contribution is 2.23. The van der Waals surface area contributed by atoms with Gasteiger partial charge < -0.3 is 10.2 Å². The summed E-state index contributed by atoms with van der Waals surface area (Å²) in [6, 6.07) is 9.28. The third kappa shape index (κ3) is 2.54. The van der Waals surface area contributed by atoms with E-state index >= 15 is 0 Å². The maximum absolute atomic E-state index is 12.4. The van der Waals surface area contributed by atoms with Crippen molar-refractivity contribution >= 4 is 5.78 Å². The third-order valence-electron chi connectivity index (χ3n) is 3.05.